The first-order valence-electron chi connectivity index (χ1n) is 9.70. The average Bonchev–Trinajstić information content (AvgIpc) is 3.05. The molecule has 7 heteroatoms. The number of anilines is 1. The number of ether oxygens (including phenoxy) is 1. The fourth-order valence-corrected chi connectivity index (χ4v) is 3.67. The Labute approximate surface area is 174 Å². The van der Waals surface area contributed by atoms with Crippen molar-refractivity contribution in [3.8, 4) is 0 Å². The Morgan fingerprint density at radius 2 is 1.90 bits per heavy atom. The van der Waals surface area contributed by atoms with Gasteiger partial charge in [-0.3, -0.25) is 0 Å². The van der Waals surface area contributed by atoms with Crippen molar-refractivity contribution in [2.75, 3.05) is 12.8 Å². The molecule has 0 atom stereocenters. The van der Waals surface area contributed by atoms with E-state index in [1.807, 2.05) is 41.0 Å². The van der Waals surface area contributed by atoms with Crippen molar-refractivity contribution in [1.82, 2.24) is 14.5 Å². The van der Waals surface area contributed by atoms with Gasteiger partial charge in [-0.15, -0.1) is 0 Å². The summed E-state index contributed by atoms with van der Waals surface area (Å²) in [6, 6.07) is 15.2. The molecule has 30 heavy (non-hydrogen) atoms. The van der Waals surface area contributed by atoms with Gasteiger partial charge in [-0.25, -0.2) is 14.8 Å². The smallest absolute Gasteiger partial charge is 0.337 e. The van der Waals surface area contributed by atoms with Crippen LogP contribution < -0.4 is 5.73 Å². The molecule has 0 aliphatic heterocycles. The molecule has 0 amide bonds. The summed E-state index contributed by atoms with van der Waals surface area (Å²) in [5, 5.41) is 11.4. The van der Waals surface area contributed by atoms with Crippen LogP contribution in [-0.4, -0.2) is 38.3 Å². The molecule has 2 heterocycles. The van der Waals surface area contributed by atoms with Crippen molar-refractivity contribution in [1.29, 1.82) is 0 Å². The Kier molecular flexibility index (Phi) is 4.91. The third-order valence-corrected chi connectivity index (χ3v) is 4.95. The number of hydrogen-bond acceptors (Lipinski definition) is 6. The number of carbonyl (C=O) groups is 1. The highest BCUT2D eigenvalue weighted by molar-refractivity contribution is 6.08. The van der Waals surface area contributed by atoms with Gasteiger partial charge < -0.3 is 20.1 Å². The van der Waals surface area contributed by atoms with Crippen LogP contribution in [0, 0.1) is 0 Å². The van der Waals surface area contributed by atoms with Crippen molar-refractivity contribution < 1.29 is 14.6 Å². The number of esters is 1. The minimum Gasteiger partial charge on any atom is -0.465 e. The number of benzene rings is 2. The van der Waals surface area contributed by atoms with E-state index < -0.39 is 11.6 Å². The molecule has 0 aliphatic carbocycles. The van der Waals surface area contributed by atoms with Crippen molar-refractivity contribution in [2.24, 2.45) is 0 Å². The summed E-state index contributed by atoms with van der Waals surface area (Å²) in [4.78, 5) is 21.2. The zero-order chi connectivity index (χ0) is 21.5. The van der Waals surface area contributed by atoms with Gasteiger partial charge in [0.25, 0.3) is 0 Å². The highest BCUT2D eigenvalue weighted by Crippen LogP contribution is 2.31. The van der Waals surface area contributed by atoms with Gasteiger partial charge in [0.15, 0.2) is 5.82 Å². The number of pyridine rings is 1. The summed E-state index contributed by atoms with van der Waals surface area (Å²) in [6.07, 6.45) is 0.590. The minimum atomic E-state index is -0.963. The molecule has 0 radical (unpaired) electrons. The van der Waals surface area contributed by atoms with Crippen LogP contribution in [-0.2, 0) is 17.7 Å². The predicted octanol–water partition coefficient (Wildman–Crippen LogP) is 3.32. The maximum Gasteiger partial charge on any atom is 0.337 e. The van der Waals surface area contributed by atoms with Crippen LogP contribution in [0.4, 0.5) is 5.82 Å². The Bertz CT molecular complexity index is 1240. The minimum absolute atomic E-state index is 0.281. The molecule has 0 saturated heterocycles. The second-order valence-electron chi connectivity index (χ2n) is 8.01. The monoisotopic (exact) mass is 404 g/mol. The van der Waals surface area contributed by atoms with Crippen LogP contribution in [0.2, 0.25) is 0 Å². The molecule has 0 unspecified atom stereocenters. The quantitative estimate of drug-likeness (QED) is 0.495. The molecule has 0 aliphatic rings. The lowest BCUT2D eigenvalue weighted by atomic mass is 10.1. The van der Waals surface area contributed by atoms with Crippen LogP contribution in [0.1, 0.15) is 35.6 Å². The van der Waals surface area contributed by atoms with Gasteiger partial charge in [0.2, 0.25) is 0 Å². The third kappa shape index (κ3) is 3.71. The van der Waals surface area contributed by atoms with Gasteiger partial charge >= 0.3 is 5.97 Å². The molecule has 2 aromatic carbocycles. The lowest BCUT2D eigenvalue weighted by Gasteiger charge is -2.21. The van der Waals surface area contributed by atoms with Gasteiger partial charge in [-0.1, -0.05) is 30.3 Å². The predicted molar refractivity (Wildman–Crippen MR) is 116 cm³/mol. The van der Waals surface area contributed by atoms with Crippen molar-refractivity contribution in [3.63, 3.8) is 0 Å². The summed E-state index contributed by atoms with van der Waals surface area (Å²) in [7, 11) is 1.34. The molecule has 4 aromatic rings. The number of fused-ring (bicyclic) bond motifs is 3. The SMILES string of the molecule is COC(=O)c1ccc2c(c1)nc(N)c1nc(Cc3ccccc3)n(CC(C)(C)O)c12. The van der Waals surface area contributed by atoms with Gasteiger partial charge in [-0.2, -0.15) is 0 Å². The number of nitrogen functional groups attached to an aromatic ring is 1. The maximum atomic E-state index is 11.9. The summed E-state index contributed by atoms with van der Waals surface area (Å²) < 4.78 is 6.81. The highest BCUT2D eigenvalue weighted by Gasteiger charge is 2.23. The van der Waals surface area contributed by atoms with Crippen molar-refractivity contribution in [3.05, 3.63) is 65.5 Å². The molecule has 154 valence electrons. The lowest BCUT2D eigenvalue weighted by molar-refractivity contribution is 0.0598. The maximum absolute atomic E-state index is 11.9. The molecule has 3 N–H and O–H groups in total. The lowest BCUT2D eigenvalue weighted by Crippen LogP contribution is -2.27. The normalized spacial score (nSPS) is 11.9. The number of aliphatic hydroxyl groups is 1. The van der Waals surface area contributed by atoms with Crippen LogP contribution in [0.5, 0.6) is 0 Å². The van der Waals surface area contributed by atoms with Crippen LogP contribution in [0.3, 0.4) is 0 Å². The largest absolute Gasteiger partial charge is 0.465 e. The molecule has 4 rings (SSSR count). The van der Waals surface area contributed by atoms with E-state index in [4.69, 9.17) is 15.5 Å². The third-order valence-electron chi connectivity index (χ3n) is 4.95. The zero-order valence-corrected chi connectivity index (χ0v) is 17.2. The number of methoxy groups -OCH3 is 1. The van der Waals surface area contributed by atoms with E-state index in [0.717, 1.165) is 22.3 Å². The number of hydrogen-bond donors (Lipinski definition) is 2. The van der Waals surface area contributed by atoms with Crippen molar-refractivity contribution in [2.45, 2.75) is 32.4 Å². The van der Waals surface area contributed by atoms with E-state index in [1.165, 1.54) is 7.11 Å². The molecule has 0 bridgehead atoms. The second-order valence-corrected chi connectivity index (χ2v) is 8.01. The Morgan fingerprint density at radius 1 is 1.17 bits per heavy atom. The Balaban J connectivity index is 1.98. The number of carbonyl (C=O) groups excluding carboxylic acids is 1. The van der Waals surface area contributed by atoms with Crippen molar-refractivity contribution >= 4 is 33.7 Å². The first-order valence-corrected chi connectivity index (χ1v) is 9.70. The number of nitrogens with zero attached hydrogens (tertiary/aromatic N) is 3. The topological polar surface area (TPSA) is 103 Å². The van der Waals surface area contributed by atoms with Gasteiger partial charge in [0, 0.05) is 11.8 Å². The summed E-state index contributed by atoms with van der Waals surface area (Å²) in [5.41, 5.74) is 8.75. The van der Waals surface area contributed by atoms with Crippen LogP contribution in [0.25, 0.3) is 21.9 Å². The van der Waals surface area contributed by atoms with Gasteiger partial charge in [0.05, 0.1) is 35.9 Å². The van der Waals surface area contributed by atoms with E-state index in [0.29, 0.717) is 29.6 Å². The molecule has 2 aromatic heterocycles. The van der Waals surface area contributed by atoms with E-state index in [-0.39, 0.29) is 5.82 Å². The number of imidazole rings is 1. The van der Waals surface area contributed by atoms with Gasteiger partial charge in [0.1, 0.15) is 11.3 Å². The van der Waals surface area contributed by atoms with E-state index in [2.05, 4.69) is 4.98 Å². The fraction of sp³-hybridized carbons (Fsp3) is 0.261. The average molecular weight is 404 g/mol. The first kappa shape index (κ1) is 19.8. The Hall–Kier alpha value is -3.45. The number of aromatic nitrogens is 3. The van der Waals surface area contributed by atoms with E-state index >= 15 is 0 Å². The molecular formula is C23H24N4O3. The highest BCUT2D eigenvalue weighted by atomic mass is 16.5. The number of rotatable bonds is 5. The summed E-state index contributed by atoms with van der Waals surface area (Å²) in [5.74, 6) is 0.631. The molecule has 0 saturated carbocycles. The Morgan fingerprint density at radius 3 is 2.57 bits per heavy atom. The second kappa shape index (κ2) is 7.42. The molecular weight excluding hydrogens is 380 g/mol. The van der Waals surface area contributed by atoms with E-state index in [9.17, 15) is 9.90 Å². The zero-order valence-electron chi connectivity index (χ0n) is 17.2. The first-order chi connectivity index (χ1) is 14.3. The molecule has 0 fully saturated rings. The van der Waals surface area contributed by atoms with Crippen LogP contribution >= 0.6 is 0 Å². The number of nitrogens with two attached hydrogens (primary N) is 1. The summed E-state index contributed by atoms with van der Waals surface area (Å²) >= 11 is 0. The van der Waals surface area contributed by atoms with E-state index in [1.54, 1.807) is 26.0 Å². The fourth-order valence-electron chi connectivity index (χ4n) is 3.67. The van der Waals surface area contributed by atoms with Crippen LogP contribution in [0.15, 0.2) is 48.5 Å². The van der Waals surface area contributed by atoms with Gasteiger partial charge in [-0.05, 0) is 37.6 Å². The summed E-state index contributed by atoms with van der Waals surface area (Å²) in [6.45, 7) is 3.85. The molecule has 7 nitrogen and oxygen atoms in total. The standard InChI is InChI=1S/C23H24N4O3/c1-23(2,29)13-27-18(11-14-7-5-4-6-8-14)26-19-20(27)16-10-9-15(22(28)30-3)12-17(16)25-21(19)24/h4-10,12,29H,11,13H2,1-3H3,(H2,24,25). The molecule has 0 spiro atoms.